The van der Waals surface area contributed by atoms with E-state index in [0.717, 1.165) is 11.1 Å². The lowest BCUT2D eigenvalue weighted by Crippen LogP contribution is -2.39. The number of carbonyl (C=O) groups excluding carboxylic acids is 3. The molecule has 2 heterocycles. The Kier molecular flexibility index (Phi) is 3.23. The van der Waals surface area contributed by atoms with Crippen LogP contribution in [0.15, 0.2) is 48.5 Å². The molecule has 0 spiro atoms. The maximum Gasteiger partial charge on any atom is 0.332 e. The van der Waals surface area contributed by atoms with Gasteiger partial charge in [0.05, 0.1) is 5.69 Å². The van der Waals surface area contributed by atoms with Gasteiger partial charge in [-0.25, -0.2) is 9.69 Å². The Balaban J connectivity index is 1.67. The normalized spacial score (nSPS) is 19.3. The predicted molar refractivity (Wildman–Crippen MR) is 88.8 cm³/mol. The molecule has 3 amide bonds. The second-order valence-electron chi connectivity index (χ2n) is 6.18. The first-order valence-electron chi connectivity index (χ1n) is 7.88. The number of ketones is 1. The summed E-state index contributed by atoms with van der Waals surface area (Å²) in [5.41, 5.74) is 3.27. The van der Waals surface area contributed by atoms with Crippen LogP contribution in [0.4, 0.5) is 10.5 Å². The van der Waals surface area contributed by atoms with Crippen LogP contribution < -0.4 is 4.90 Å². The summed E-state index contributed by atoms with van der Waals surface area (Å²) in [6, 6.07) is 13.7. The zero-order valence-electron chi connectivity index (χ0n) is 13.2. The van der Waals surface area contributed by atoms with Crippen molar-refractivity contribution < 1.29 is 14.4 Å². The highest BCUT2D eigenvalue weighted by Gasteiger charge is 2.47. The standard InChI is InChI=1S/C19H16N2O3/c1-12(22)13-6-8-16(9-7-13)21-18(23)17-10-14-4-2-3-5-15(14)11-20(17)19(21)24/h2-9,17H,10-11H2,1H3/t17-/m1/s1. The fourth-order valence-corrected chi connectivity index (χ4v) is 3.40. The number of benzene rings is 2. The molecule has 120 valence electrons. The Morgan fingerprint density at radius 3 is 2.33 bits per heavy atom. The molecular weight excluding hydrogens is 304 g/mol. The molecule has 2 aromatic carbocycles. The van der Waals surface area contributed by atoms with Crippen molar-refractivity contribution in [3.05, 3.63) is 65.2 Å². The Labute approximate surface area is 139 Å². The largest absolute Gasteiger partial charge is 0.332 e. The molecule has 1 atom stereocenters. The SMILES string of the molecule is CC(=O)c1ccc(N2C(=O)[C@H]3Cc4ccccc4CN3C2=O)cc1. The van der Waals surface area contributed by atoms with Crippen LogP contribution in [0.1, 0.15) is 28.4 Å². The third-order valence-corrected chi connectivity index (χ3v) is 4.72. The molecule has 0 aliphatic carbocycles. The zero-order chi connectivity index (χ0) is 16.8. The van der Waals surface area contributed by atoms with Gasteiger partial charge in [-0.3, -0.25) is 9.59 Å². The van der Waals surface area contributed by atoms with Crippen LogP contribution in [-0.4, -0.2) is 28.7 Å². The third kappa shape index (κ3) is 2.12. The first kappa shape index (κ1) is 14.6. The minimum atomic E-state index is -0.445. The average molecular weight is 320 g/mol. The number of anilines is 1. The fourth-order valence-electron chi connectivity index (χ4n) is 3.40. The molecule has 2 aliphatic heterocycles. The highest BCUT2D eigenvalue weighted by atomic mass is 16.2. The van der Waals surface area contributed by atoms with Crippen LogP contribution in [0.5, 0.6) is 0 Å². The summed E-state index contributed by atoms with van der Waals surface area (Å²) >= 11 is 0. The van der Waals surface area contributed by atoms with E-state index in [0.29, 0.717) is 24.2 Å². The van der Waals surface area contributed by atoms with Crippen molar-refractivity contribution in [3.63, 3.8) is 0 Å². The van der Waals surface area contributed by atoms with Crippen molar-refractivity contribution >= 4 is 23.4 Å². The van der Waals surface area contributed by atoms with E-state index in [4.69, 9.17) is 0 Å². The van der Waals surface area contributed by atoms with E-state index >= 15 is 0 Å². The number of urea groups is 1. The molecule has 0 unspecified atom stereocenters. The van der Waals surface area contributed by atoms with Crippen molar-refractivity contribution in [2.75, 3.05) is 4.90 Å². The van der Waals surface area contributed by atoms with Gasteiger partial charge in [0.2, 0.25) is 0 Å². The van der Waals surface area contributed by atoms with E-state index in [-0.39, 0.29) is 17.7 Å². The van der Waals surface area contributed by atoms with E-state index in [1.807, 2.05) is 24.3 Å². The second kappa shape index (κ2) is 5.30. The molecule has 2 aromatic rings. The average Bonchev–Trinajstić information content (AvgIpc) is 2.84. The van der Waals surface area contributed by atoms with Crippen molar-refractivity contribution in [2.45, 2.75) is 25.9 Å². The van der Waals surface area contributed by atoms with Crippen LogP contribution in [-0.2, 0) is 17.8 Å². The van der Waals surface area contributed by atoms with Gasteiger partial charge < -0.3 is 4.90 Å². The minimum Gasteiger partial charge on any atom is -0.307 e. The smallest absolute Gasteiger partial charge is 0.307 e. The van der Waals surface area contributed by atoms with E-state index in [2.05, 4.69) is 0 Å². The van der Waals surface area contributed by atoms with Crippen molar-refractivity contribution in [1.29, 1.82) is 0 Å². The van der Waals surface area contributed by atoms with E-state index in [1.165, 1.54) is 11.8 Å². The molecule has 4 rings (SSSR count). The molecule has 0 N–H and O–H groups in total. The summed E-state index contributed by atoms with van der Waals surface area (Å²) in [5, 5.41) is 0. The fraction of sp³-hybridized carbons (Fsp3) is 0.211. The second-order valence-corrected chi connectivity index (χ2v) is 6.18. The van der Waals surface area contributed by atoms with Crippen LogP contribution >= 0.6 is 0 Å². The summed E-state index contributed by atoms with van der Waals surface area (Å²) < 4.78 is 0. The maximum atomic E-state index is 12.8. The predicted octanol–water partition coefficient (Wildman–Crippen LogP) is 2.78. The van der Waals surface area contributed by atoms with Gasteiger partial charge in [-0.2, -0.15) is 0 Å². The number of Topliss-reactive ketones (excluding diaryl/α,β-unsaturated/α-hetero) is 1. The molecule has 0 bridgehead atoms. The number of hydrogen-bond acceptors (Lipinski definition) is 3. The number of amides is 3. The molecule has 1 saturated heterocycles. The first-order chi connectivity index (χ1) is 11.6. The van der Waals surface area contributed by atoms with Crippen LogP contribution in [0.25, 0.3) is 0 Å². The summed E-state index contributed by atoms with van der Waals surface area (Å²) in [6.45, 7) is 1.94. The van der Waals surface area contributed by atoms with Gasteiger partial charge in [0, 0.05) is 18.5 Å². The van der Waals surface area contributed by atoms with Crippen molar-refractivity contribution in [2.24, 2.45) is 0 Å². The molecule has 0 saturated carbocycles. The highest BCUT2D eigenvalue weighted by Crippen LogP contribution is 2.32. The third-order valence-electron chi connectivity index (χ3n) is 4.72. The van der Waals surface area contributed by atoms with E-state index in [9.17, 15) is 14.4 Å². The van der Waals surface area contributed by atoms with Gasteiger partial charge in [0.25, 0.3) is 5.91 Å². The molecule has 2 aliphatic rings. The Hall–Kier alpha value is -2.95. The molecule has 1 fully saturated rings. The van der Waals surface area contributed by atoms with Gasteiger partial charge in [-0.1, -0.05) is 24.3 Å². The zero-order valence-corrected chi connectivity index (χ0v) is 13.2. The number of hydrogen-bond donors (Lipinski definition) is 0. The molecule has 0 aromatic heterocycles. The van der Waals surface area contributed by atoms with Crippen LogP contribution in [0, 0.1) is 0 Å². The Morgan fingerprint density at radius 1 is 1.00 bits per heavy atom. The van der Waals surface area contributed by atoms with Crippen LogP contribution in [0.3, 0.4) is 0 Å². The summed E-state index contributed by atoms with van der Waals surface area (Å²) in [4.78, 5) is 39.8. The van der Waals surface area contributed by atoms with E-state index < -0.39 is 6.04 Å². The van der Waals surface area contributed by atoms with E-state index in [1.54, 1.807) is 29.2 Å². The lowest BCUT2D eigenvalue weighted by atomic mass is 9.95. The summed E-state index contributed by atoms with van der Waals surface area (Å²) in [6.07, 6.45) is 0.544. The van der Waals surface area contributed by atoms with Crippen molar-refractivity contribution in [3.8, 4) is 0 Å². The van der Waals surface area contributed by atoms with Crippen molar-refractivity contribution in [1.82, 2.24) is 4.90 Å². The molecule has 0 radical (unpaired) electrons. The number of imide groups is 1. The number of carbonyl (C=O) groups is 3. The number of rotatable bonds is 2. The quantitative estimate of drug-likeness (QED) is 0.631. The highest BCUT2D eigenvalue weighted by molar-refractivity contribution is 6.21. The Bertz CT molecular complexity index is 814. The monoisotopic (exact) mass is 320 g/mol. The topological polar surface area (TPSA) is 57.7 Å². The van der Waals surface area contributed by atoms with Crippen LogP contribution in [0.2, 0.25) is 0 Å². The maximum absolute atomic E-state index is 12.8. The minimum absolute atomic E-state index is 0.0477. The molecule has 5 nitrogen and oxygen atoms in total. The van der Waals surface area contributed by atoms with Gasteiger partial charge in [-0.15, -0.1) is 0 Å². The summed E-state index contributed by atoms with van der Waals surface area (Å²) in [7, 11) is 0. The Morgan fingerprint density at radius 2 is 1.67 bits per heavy atom. The number of nitrogens with zero attached hydrogens (tertiary/aromatic N) is 2. The van der Waals surface area contributed by atoms with Gasteiger partial charge in [0.1, 0.15) is 6.04 Å². The molecule has 5 heteroatoms. The van der Waals surface area contributed by atoms with Gasteiger partial charge in [-0.05, 0) is 42.3 Å². The number of fused-ring (bicyclic) bond motifs is 2. The lowest BCUT2D eigenvalue weighted by molar-refractivity contribution is -0.120. The van der Waals surface area contributed by atoms with Gasteiger partial charge >= 0.3 is 6.03 Å². The van der Waals surface area contributed by atoms with Gasteiger partial charge in [0.15, 0.2) is 5.78 Å². The first-order valence-corrected chi connectivity index (χ1v) is 7.88. The molecular formula is C19H16N2O3. The lowest BCUT2D eigenvalue weighted by Gasteiger charge is -2.28. The molecule has 24 heavy (non-hydrogen) atoms. The summed E-state index contributed by atoms with van der Waals surface area (Å²) in [5.74, 6) is -0.251.